The molecule has 0 heterocycles. The van der Waals surface area contributed by atoms with Gasteiger partial charge in [-0.25, -0.2) is 0 Å². The Hall–Kier alpha value is -0.440. The molecular weight excluding hydrogens is 231 g/mol. The van der Waals surface area contributed by atoms with E-state index < -0.39 is 0 Å². The minimum absolute atomic E-state index is 0.326. The number of rotatable bonds is 4. The Balaban J connectivity index is 1.96. The lowest BCUT2D eigenvalue weighted by Gasteiger charge is -2.14. The van der Waals surface area contributed by atoms with Crippen molar-refractivity contribution in [2.24, 2.45) is 11.1 Å². The molecule has 3 N–H and O–H groups in total. The highest BCUT2D eigenvalue weighted by molar-refractivity contribution is 6.42. The molecule has 82 valence electrons. The van der Waals surface area contributed by atoms with E-state index in [-0.39, 0.29) is 0 Å². The number of benzene rings is 1. The highest BCUT2D eigenvalue weighted by Crippen LogP contribution is 2.44. The first-order valence-electron chi connectivity index (χ1n) is 5.04. The third-order valence-corrected chi connectivity index (χ3v) is 3.72. The summed E-state index contributed by atoms with van der Waals surface area (Å²) in [4.78, 5) is 0. The van der Waals surface area contributed by atoms with E-state index in [0.29, 0.717) is 15.5 Å². The van der Waals surface area contributed by atoms with Gasteiger partial charge in [0.1, 0.15) is 0 Å². The van der Waals surface area contributed by atoms with Crippen LogP contribution in [0.1, 0.15) is 12.8 Å². The van der Waals surface area contributed by atoms with Gasteiger partial charge < -0.3 is 11.1 Å². The molecule has 1 aromatic rings. The Morgan fingerprint density at radius 2 is 2.00 bits per heavy atom. The van der Waals surface area contributed by atoms with Gasteiger partial charge in [0.05, 0.1) is 10.0 Å². The van der Waals surface area contributed by atoms with Gasteiger partial charge >= 0.3 is 0 Å². The first-order chi connectivity index (χ1) is 7.15. The summed E-state index contributed by atoms with van der Waals surface area (Å²) in [6.45, 7) is 1.67. The molecule has 0 spiro atoms. The molecule has 0 aliphatic heterocycles. The van der Waals surface area contributed by atoms with Crippen LogP contribution in [-0.4, -0.2) is 13.1 Å². The predicted molar refractivity (Wildman–Crippen MR) is 65.7 cm³/mol. The molecule has 4 heteroatoms. The number of hydrogen-bond donors (Lipinski definition) is 2. The summed E-state index contributed by atoms with van der Waals surface area (Å²) in [5, 5.41) is 4.51. The van der Waals surface area contributed by atoms with E-state index in [2.05, 4.69) is 5.32 Å². The van der Waals surface area contributed by atoms with E-state index in [1.807, 2.05) is 12.1 Å². The highest BCUT2D eigenvalue weighted by Gasteiger charge is 2.40. The predicted octanol–water partition coefficient (Wildman–Crippen LogP) is 3.14. The molecule has 1 aliphatic rings. The fourth-order valence-corrected chi connectivity index (χ4v) is 1.82. The van der Waals surface area contributed by atoms with Crippen molar-refractivity contribution in [3.05, 3.63) is 28.2 Å². The molecule has 1 fully saturated rings. The second-order valence-electron chi connectivity index (χ2n) is 4.19. The Morgan fingerprint density at radius 1 is 1.27 bits per heavy atom. The van der Waals surface area contributed by atoms with Crippen molar-refractivity contribution in [3.63, 3.8) is 0 Å². The van der Waals surface area contributed by atoms with Crippen molar-refractivity contribution in [1.29, 1.82) is 0 Å². The molecular formula is C11H14Cl2N2. The van der Waals surface area contributed by atoms with Gasteiger partial charge in [-0.3, -0.25) is 0 Å². The maximum absolute atomic E-state index is 5.92. The molecule has 0 atom stereocenters. The van der Waals surface area contributed by atoms with Gasteiger partial charge in [-0.05, 0) is 43.0 Å². The molecule has 1 aromatic carbocycles. The third kappa shape index (κ3) is 2.57. The van der Waals surface area contributed by atoms with Crippen molar-refractivity contribution in [1.82, 2.24) is 0 Å². The molecule has 0 amide bonds. The zero-order valence-electron chi connectivity index (χ0n) is 8.39. The first-order valence-corrected chi connectivity index (χ1v) is 5.80. The molecule has 0 saturated heterocycles. The first kappa shape index (κ1) is 11.1. The zero-order valence-corrected chi connectivity index (χ0v) is 9.91. The van der Waals surface area contributed by atoms with E-state index in [1.54, 1.807) is 6.07 Å². The van der Waals surface area contributed by atoms with Gasteiger partial charge in [0, 0.05) is 12.2 Å². The van der Waals surface area contributed by atoms with Gasteiger partial charge in [-0.2, -0.15) is 0 Å². The Labute approximate surface area is 99.7 Å². The molecule has 1 aliphatic carbocycles. The standard InChI is InChI=1S/C11H14Cl2N2/c12-9-2-1-8(5-10(9)13)15-7-11(6-14)3-4-11/h1-2,5,15H,3-4,6-7,14H2. The molecule has 15 heavy (non-hydrogen) atoms. The largest absolute Gasteiger partial charge is 0.384 e. The number of hydrogen-bond acceptors (Lipinski definition) is 2. The molecule has 1 saturated carbocycles. The average Bonchev–Trinajstić information content (AvgIpc) is 3.01. The average molecular weight is 245 g/mol. The van der Waals surface area contributed by atoms with E-state index in [1.165, 1.54) is 12.8 Å². The zero-order chi connectivity index (χ0) is 10.9. The van der Waals surface area contributed by atoms with E-state index in [4.69, 9.17) is 28.9 Å². The topological polar surface area (TPSA) is 38.0 Å². The van der Waals surface area contributed by atoms with Crippen molar-refractivity contribution in [3.8, 4) is 0 Å². The Morgan fingerprint density at radius 3 is 2.53 bits per heavy atom. The van der Waals surface area contributed by atoms with Crippen molar-refractivity contribution < 1.29 is 0 Å². The van der Waals surface area contributed by atoms with Crippen LogP contribution >= 0.6 is 23.2 Å². The van der Waals surface area contributed by atoms with E-state index in [0.717, 1.165) is 18.8 Å². The van der Waals surface area contributed by atoms with Crippen LogP contribution in [0.5, 0.6) is 0 Å². The van der Waals surface area contributed by atoms with Gasteiger partial charge in [0.25, 0.3) is 0 Å². The smallest absolute Gasteiger partial charge is 0.0612 e. The van der Waals surface area contributed by atoms with Crippen molar-refractivity contribution in [2.45, 2.75) is 12.8 Å². The number of nitrogens with two attached hydrogens (primary N) is 1. The molecule has 2 rings (SSSR count). The number of halogens is 2. The molecule has 0 radical (unpaired) electrons. The molecule has 0 aromatic heterocycles. The number of anilines is 1. The minimum atomic E-state index is 0.326. The van der Waals surface area contributed by atoms with Gasteiger partial charge in [-0.15, -0.1) is 0 Å². The van der Waals surface area contributed by atoms with Crippen LogP contribution in [0.15, 0.2) is 18.2 Å². The minimum Gasteiger partial charge on any atom is -0.384 e. The second-order valence-corrected chi connectivity index (χ2v) is 5.00. The Bertz CT molecular complexity index is 362. The van der Waals surface area contributed by atoms with Crippen molar-refractivity contribution in [2.75, 3.05) is 18.4 Å². The fraction of sp³-hybridized carbons (Fsp3) is 0.455. The van der Waals surface area contributed by atoms with Crippen LogP contribution in [0, 0.1) is 5.41 Å². The van der Waals surface area contributed by atoms with Crippen LogP contribution < -0.4 is 11.1 Å². The summed E-state index contributed by atoms with van der Waals surface area (Å²) in [5.41, 5.74) is 7.03. The summed E-state index contributed by atoms with van der Waals surface area (Å²) in [6.07, 6.45) is 2.44. The lowest BCUT2D eigenvalue weighted by atomic mass is 10.1. The summed E-state index contributed by atoms with van der Waals surface area (Å²) >= 11 is 11.7. The highest BCUT2D eigenvalue weighted by atomic mass is 35.5. The summed E-state index contributed by atoms with van der Waals surface area (Å²) in [6, 6.07) is 5.57. The third-order valence-electron chi connectivity index (χ3n) is 2.98. The lowest BCUT2D eigenvalue weighted by molar-refractivity contribution is 0.556. The quantitative estimate of drug-likeness (QED) is 0.855. The lowest BCUT2D eigenvalue weighted by Crippen LogP contribution is -2.24. The van der Waals surface area contributed by atoms with E-state index in [9.17, 15) is 0 Å². The van der Waals surface area contributed by atoms with Gasteiger partial charge in [0.2, 0.25) is 0 Å². The maximum atomic E-state index is 5.92. The van der Waals surface area contributed by atoms with E-state index >= 15 is 0 Å². The van der Waals surface area contributed by atoms with Gasteiger partial charge in [0.15, 0.2) is 0 Å². The SMILES string of the molecule is NCC1(CNc2ccc(Cl)c(Cl)c2)CC1. The second kappa shape index (κ2) is 4.20. The maximum Gasteiger partial charge on any atom is 0.0612 e. The molecule has 0 bridgehead atoms. The molecule has 0 unspecified atom stereocenters. The number of nitrogens with one attached hydrogen (secondary N) is 1. The fourth-order valence-electron chi connectivity index (χ4n) is 1.53. The van der Waals surface area contributed by atoms with Crippen LogP contribution in [0.2, 0.25) is 10.0 Å². The summed E-state index contributed by atoms with van der Waals surface area (Å²) in [7, 11) is 0. The normalized spacial score (nSPS) is 17.5. The van der Waals surface area contributed by atoms with Crippen LogP contribution in [-0.2, 0) is 0 Å². The molecule has 2 nitrogen and oxygen atoms in total. The summed E-state index contributed by atoms with van der Waals surface area (Å²) < 4.78 is 0. The monoisotopic (exact) mass is 244 g/mol. The summed E-state index contributed by atoms with van der Waals surface area (Å²) in [5.74, 6) is 0. The van der Waals surface area contributed by atoms with Crippen LogP contribution in [0.3, 0.4) is 0 Å². The van der Waals surface area contributed by atoms with Crippen molar-refractivity contribution >= 4 is 28.9 Å². The van der Waals surface area contributed by atoms with Gasteiger partial charge in [-0.1, -0.05) is 23.2 Å². The Kier molecular flexibility index (Phi) is 3.10. The van der Waals surface area contributed by atoms with Crippen LogP contribution in [0.25, 0.3) is 0 Å². The van der Waals surface area contributed by atoms with Crippen LogP contribution in [0.4, 0.5) is 5.69 Å².